The molecule has 1 unspecified atom stereocenters. The third-order valence-electron chi connectivity index (χ3n) is 5.88. The summed E-state index contributed by atoms with van der Waals surface area (Å²) in [5, 5.41) is 9.04. The number of nitrogens with zero attached hydrogens (tertiary/aromatic N) is 3. The zero-order chi connectivity index (χ0) is 19.3. The number of hydrogen-bond acceptors (Lipinski definition) is 4. The minimum atomic E-state index is -0.941. The van der Waals surface area contributed by atoms with Crippen LogP contribution in [0.4, 0.5) is 0 Å². The van der Waals surface area contributed by atoms with E-state index in [1.165, 1.54) is 10.5 Å². The van der Waals surface area contributed by atoms with Gasteiger partial charge in [0, 0.05) is 44.7 Å². The normalized spacial score (nSPS) is 25.2. The molecular formula is C21H29N3O3. The number of carbonyl (C=O) groups is 2. The number of rotatable bonds is 5. The first-order valence-corrected chi connectivity index (χ1v) is 9.63. The van der Waals surface area contributed by atoms with E-state index in [-0.39, 0.29) is 18.0 Å². The summed E-state index contributed by atoms with van der Waals surface area (Å²) in [6.07, 6.45) is 6.38. The highest BCUT2D eigenvalue weighted by Crippen LogP contribution is 2.32. The van der Waals surface area contributed by atoms with Crippen molar-refractivity contribution in [3.8, 4) is 0 Å². The fourth-order valence-electron chi connectivity index (χ4n) is 4.16. The summed E-state index contributed by atoms with van der Waals surface area (Å²) in [6.45, 7) is 4.09. The lowest BCUT2D eigenvalue weighted by Gasteiger charge is -2.49. The van der Waals surface area contributed by atoms with Crippen LogP contribution < -0.4 is 0 Å². The Morgan fingerprint density at radius 2 is 1.96 bits per heavy atom. The fraction of sp³-hybridized carbons (Fsp3) is 0.524. The predicted octanol–water partition coefficient (Wildman–Crippen LogP) is 1.78. The number of carboxylic acids is 1. The van der Waals surface area contributed by atoms with Crippen molar-refractivity contribution in [1.29, 1.82) is 0 Å². The Bertz CT molecular complexity index is 691. The summed E-state index contributed by atoms with van der Waals surface area (Å²) in [7, 11) is 2.13. The molecule has 1 aromatic carbocycles. The smallest absolute Gasteiger partial charge is 0.323 e. The molecule has 0 aliphatic carbocycles. The van der Waals surface area contributed by atoms with E-state index in [1.807, 2.05) is 18.2 Å². The van der Waals surface area contributed by atoms with Crippen LogP contribution in [0.2, 0.25) is 0 Å². The van der Waals surface area contributed by atoms with Gasteiger partial charge in [-0.1, -0.05) is 42.5 Å². The number of carboxylic acid groups (broad SMARTS) is 1. The van der Waals surface area contributed by atoms with Crippen LogP contribution in [0.25, 0.3) is 6.08 Å². The molecule has 1 aromatic rings. The molecule has 27 heavy (non-hydrogen) atoms. The molecule has 6 nitrogen and oxygen atoms in total. The second kappa shape index (κ2) is 8.67. The van der Waals surface area contributed by atoms with Crippen LogP contribution in [0.5, 0.6) is 0 Å². The van der Waals surface area contributed by atoms with Gasteiger partial charge in [0.1, 0.15) is 6.54 Å². The summed E-state index contributed by atoms with van der Waals surface area (Å²) < 4.78 is 0. The minimum Gasteiger partial charge on any atom is -0.480 e. The molecule has 1 atom stereocenters. The van der Waals surface area contributed by atoms with Crippen molar-refractivity contribution >= 4 is 18.0 Å². The van der Waals surface area contributed by atoms with Gasteiger partial charge in [-0.05, 0) is 25.5 Å². The van der Waals surface area contributed by atoms with E-state index < -0.39 is 5.97 Å². The highest BCUT2D eigenvalue weighted by Gasteiger charge is 2.42. The first kappa shape index (κ1) is 19.6. The summed E-state index contributed by atoms with van der Waals surface area (Å²) in [6, 6.07) is 10.3. The second-order valence-corrected chi connectivity index (χ2v) is 7.65. The van der Waals surface area contributed by atoms with E-state index in [4.69, 9.17) is 5.11 Å². The number of piperazine rings is 1. The number of aliphatic carboxylic acids is 1. The van der Waals surface area contributed by atoms with E-state index in [9.17, 15) is 9.59 Å². The van der Waals surface area contributed by atoms with Gasteiger partial charge in [-0.3, -0.25) is 19.4 Å². The third kappa shape index (κ3) is 4.96. The van der Waals surface area contributed by atoms with Crippen LogP contribution in [0.15, 0.2) is 36.4 Å². The van der Waals surface area contributed by atoms with Gasteiger partial charge in [0.2, 0.25) is 5.91 Å². The molecule has 0 saturated carbocycles. The maximum Gasteiger partial charge on any atom is 0.323 e. The van der Waals surface area contributed by atoms with Gasteiger partial charge in [-0.25, -0.2) is 0 Å². The molecular weight excluding hydrogens is 342 g/mol. The minimum absolute atomic E-state index is 0.0382. The first-order chi connectivity index (χ1) is 13.0. The van der Waals surface area contributed by atoms with Crippen LogP contribution in [0.3, 0.4) is 0 Å². The molecule has 2 aliphatic rings. The van der Waals surface area contributed by atoms with Crippen LogP contribution in [0, 0.1) is 0 Å². The van der Waals surface area contributed by atoms with Crippen molar-refractivity contribution in [2.24, 2.45) is 0 Å². The molecule has 146 valence electrons. The van der Waals surface area contributed by atoms with Gasteiger partial charge in [0.25, 0.3) is 0 Å². The predicted molar refractivity (Wildman–Crippen MR) is 105 cm³/mol. The Kier molecular flexibility index (Phi) is 6.29. The van der Waals surface area contributed by atoms with Crippen molar-refractivity contribution < 1.29 is 14.7 Å². The quantitative estimate of drug-likeness (QED) is 0.855. The number of carbonyl (C=O) groups excluding carboxylic acids is 1. The summed E-state index contributed by atoms with van der Waals surface area (Å²) in [5.74, 6) is -0.979. The average molecular weight is 371 g/mol. The molecule has 0 bridgehead atoms. The molecule has 1 N–H and O–H groups in total. The maximum absolute atomic E-state index is 12.3. The summed E-state index contributed by atoms with van der Waals surface area (Å²) >= 11 is 0. The molecule has 2 saturated heterocycles. The van der Waals surface area contributed by atoms with Gasteiger partial charge in [-0.15, -0.1) is 0 Å². The van der Waals surface area contributed by atoms with Crippen LogP contribution in [-0.2, 0) is 9.59 Å². The standard InChI is InChI=1S/C21H29N3O3/c1-22-14-15-23(12-5-8-18-6-3-2-4-7-18)17-21(22)10-9-19(25)24(13-11-21)16-20(26)27/h2-8H,9-17H2,1H3,(H,26,27)/b8-5+. The van der Waals surface area contributed by atoms with Gasteiger partial charge < -0.3 is 10.0 Å². The second-order valence-electron chi connectivity index (χ2n) is 7.65. The zero-order valence-electron chi connectivity index (χ0n) is 16.0. The van der Waals surface area contributed by atoms with E-state index in [2.05, 4.69) is 41.1 Å². The van der Waals surface area contributed by atoms with Crippen molar-refractivity contribution in [1.82, 2.24) is 14.7 Å². The van der Waals surface area contributed by atoms with Crippen molar-refractivity contribution in [2.75, 3.05) is 46.3 Å². The molecule has 2 aliphatic heterocycles. The molecule has 2 heterocycles. The van der Waals surface area contributed by atoms with Gasteiger partial charge in [0.05, 0.1) is 0 Å². The van der Waals surface area contributed by atoms with Crippen LogP contribution in [0.1, 0.15) is 24.8 Å². The highest BCUT2D eigenvalue weighted by molar-refractivity contribution is 5.81. The van der Waals surface area contributed by atoms with E-state index in [1.54, 1.807) is 0 Å². The van der Waals surface area contributed by atoms with E-state index in [0.29, 0.717) is 13.0 Å². The van der Waals surface area contributed by atoms with Crippen LogP contribution in [-0.4, -0.2) is 83.5 Å². The highest BCUT2D eigenvalue weighted by atomic mass is 16.4. The topological polar surface area (TPSA) is 64.1 Å². The lowest BCUT2D eigenvalue weighted by Crippen LogP contribution is -2.61. The SMILES string of the molecule is CN1CCN(C/C=C/c2ccccc2)CC12CCC(=O)N(CC(=O)O)CC2. The Morgan fingerprint density at radius 1 is 1.19 bits per heavy atom. The molecule has 2 fully saturated rings. The third-order valence-corrected chi connectivity index (χ3v) is 5.88. The summed E-state index contributed by atoms with van der Waals surface area (Å²) in [4.78, 5) is 29.7. The van der Waals surface area contributed by atoms with E-state index in [0.717, 1.165) is 39.0 Å². The molecule has 1 amide bonds. The molecule has 0 aromatic heterocycles. The largest absolute Gasteiger partial charge is 0.480 e. The van der Waals surface area contributed by atoms with Crippen molar-refractivity contribution in [3.63, 3.8) is 0 Å². The number of hydrogen-bond donors (Lipinski definition) is 1. The molecule has 1 spiro atoms. The van der Waals surface area contributed by atoms with Gasteiger partial charge in [0.15, 0.2) is 0 Å². The van der Waals surface area contributed by atoms with Gasteiger partial charge in [-0.2, -0.15) is 0 Å². The molecule has 6 heteroatoms. The number of likely N-dealkylation sites (tertiary alicyclic amines) is 1. The zero-order valence-corrected chi connectivity index (χ0v) is 16.0. The Hall–Kier alpha value is -2.18. The number of amides is 1. The lowest BCUT2D eigenvalue weighted by atomic mass is 9.86. The maximum atomic E-state index is 12.3. The van der Waals surface area contributed by atoms with Crippen molar-refractivity contribution in [2.45, 2.75) is 24.8 Å². The van der Waals surface area contributed by atoms with Crippen LogP contribution >= 0.6 is 0 Å². The number of benzene rings is 1. The average Bonchev–Trinajstić information content (AvgIpc) is 2.80. The Morgan fingerprint density at radius 3 is 2.70 bits per heavy atom. The number of likely N-dealkylation sites (N-methyl/N-ethyl adjacent to an activating group) is 1. The van der Waals surface area contributed by atoms with Gasteiger partial charge >= 0.3 is 5.97 Å². The van der Waals surface area contributed by atoms with E-state index >= 15 is 0 Å². The Labute approximate surface area is 161 Å². The molecule has 3 rings (SSSR count). The molecule has 0 radical (unpaired) electrons. The summed E-state index contributed by atoms with van der Waals surface area (Å²) in [5.41, 5.74) is 1.15. The lowest BCUT2D eigenvalue weighted by molar-refractivity contribution is -0.144. The monoisotopic (exact) mass is 371 g/mol. The Balaban J connectivity index is 1.63. The first-order valence-electron chi connectivity index (χ1n) is 9.63. The fourth-order valence-corrected chi connectivity index (χ4v) is 4.16. The van der Waals surface area contributed by atoms with Crippen molar-refractivity contribution in [3.05, 3.63) is 42.0 Å².